The number of rotatable bonds is 4. The molecule has 1 N–H and O–H groups in total. The second kappa shape index (κ2) is 6.89. The molecule has 0 bridgehead atoms. The van der Waals surface area contributed by atoms with Crippen molar-refractivity contribution in [3.8, 4) is 0 Å². The van der Waals surface area contributed by atoms with Crippen molar-refractivity contribution in [2.75, 3.05) is 20.6 Å². The molecule has 1 aromatic carbocycles. The predicted molar refractivity (Wildman–Crippen MR) is 82.9 cm³/mol. The van der Waals surface area contributed by atoms with Crippen LogP contribution in [0.3, 0.4) is 0 Å². The van der Waals surface area contributed by atoms with Crippen molar-refractivity contribution in [3.63, 3.8) is 0 Å². The van der Waals surface area contributed by atoms with E-state index in [1.165, 1.54) is 38.5 Å². The van der Waals surface area contributed by atoms with E-state index >= 15 is 0 Å². The van der Waals surface area contributed by atoms with Gasteiger partial charge in [0.1, 0.15) is 0 Å². The molecule has 20 heavy (non-hydrogen) atoms. The van der Waals surface area contributed by atoms with Crippen molar-refractivity contribution in [3.05, 3.63) is 35.9 Å². The number of carbonyl (C=O) groups excluding carboxylic acids is 1. The molecule has 1 aliphatic rings. The summed E-state index contributed by atoms with van der Waals surface area (Å²) in [5.74, 6) is 0.0380. The first-order valence-corrected chi connectivity index (χ1v) is 7.65. The van der Waals surface area contributed by atoms with E-state index in [0.717, 1.165) is 12.1 Å². The van der Waals surface area contributed by atoms with E-state index in [1.54, 1.807) is 0 Å². The highest BCUT2D eigenvalue weighted by molar-refractivity contribution is 5.94. The van der Waals surface area contributed by atoms with E-state index < -0.39 is 0 Å². The van der Waals surface area contributed by atoms with Crippen molar-refractivity contribution >= 4 is 5.91 Å². The fourth-order valence-corrected chi connectivity index (χ4v) is 3.11. The van der Waals surface area contributed by atoms with Crippen molar-refractivity contribution in [1.29, 1.82) is 0 Å². The molecule has 0 radical (unpaired) electrons. The lowest BCUT2D eigenvalue weighted by atomic mass is 9.88. The topological polar surface area (TPSA) is 32.3 Å². The highest BCUT2D eigenvalue weighted by Gasteiger charge is 2.33. The minimum absolute atomic E-state index is 0.0380. The van der Waals surface area contributed by atoms with E-state index in [-0.39, 0.29) is 11.4 Å². The molecule has 0 unspecified atom stereocenters. The van der Waals surface area contributed by atoms with Crippen molar-refractivity contribution < 1.29 is 4.79 Å². The number of hydrogen-bond donors (Lipinski definition) is 1. The third kappa shape index (κ3) is 3.60. The van der Waals surface area contributed by atoms with Crippen LogP contribution in [0.2, 0.25) is 0 Å². The van der Waals surface area contributed by atoms with Crippen LogP contribution in [0.4, 0.5) is 0 Å². The second-order valence-corrected chi connectivity index (χ2v) is 6.08. The molecule has 3 heteroatoms. The fraction of sp³-hybridized carbons (Fsp3) is 0.588. The Balaban J connectivity index is 2.00. The summed E-state index contributed by atoms with van der Waals surface area (Å²) in [5, 5.41) is 3.14. The maximum Gasteiger partial charge on any atom is 0.251 e. The van der Waals surface area contributed by atoms with Crippen LogP contribution < -0.4 is 5.32 Å². The quantitative estimate of drug-likeness (QED) is 0.856. The Hall–Kier alpha value is -1.35. The highest BCUT2D eigenvalue weighted by Crippen LogP contribution is 2.30. The van der Waals surface area contributed by atoms with Gasteiger partial charge in [-0.05, 0) is 39.1 Å². The van der Waals surface area contributed by atoms with Gasteiger partial charge >= 0.3 is 0 Å². The number of nitrogens with one attached hydrogen (secondary N) is 1. The minimum atomic E-state index is 0.0380. The summed E-state index contributed by atoms with van der Waals surface area (Å²) in [6.07, 6.45) is 7.52. The Morgan fingerprint density at radius 3 is 2.25 bits per heavy atom. The largest absolute Gasteiger partial charge is 0.350 e. The standard InChI is InChI=1S/C17H26N2O/c1-19(2)17(12-8-3-4-9-13-17)14-18-16(20)15-10-6-5-7-11-15/h5-7,10-11H,3-4,8-9,12-14H2,1-2H3,(H,18,20). The number of amides is 1. The number of carbonyl (C=O) groups is 1. The Morgan fingerprint density at radius 2 is 1.70 bits per heavy atom. The van der Waals surface area contributed by atoms with Gasteiger partial charge in [-0.3, -0.25) is 4.79 Å². The zero-order chi connectivity index (χ0) is 14.4. The SMILES string of the molecule is CN(C)C1(CNC(=O)c2ccccc2)CCCCCC1. The zero-order valence-electron chi connectivity index (χ0n) is 12.7. The van der Waals surface area contributed by atoms with Gasteiger partial charge in [0, 0.05) is 17.6 Å². The van der Waals surface area contributed by atoms with E-state index in [4.69, 9.17) is 0 Å². The van der Waals surface area contributed by atoms with Crippen LogP contribution >= 0.6 is 0 Å². The summed E-state index contributed by atoms with van der Waals surface area (Å²) in [5.41, 5.74) is 0.871. The minimum Gasteiger partial charge on any atom is -0.350 e. The molecule has 1 aromatic rings. The molecule has 110 valence electrons. The monoisotopic (exact) mass is 274 g/mol. The van der Waals surface area contributed by atoms with E-state index in [9.17, 15) is 4.79 Å². The van der Waals surface area contributed by atoms with Crippen molar-refractivity contribution in [2.45, 2.75) is 44.1 Å². The van der Waals surface area contributed by atoms with Gasteiger partial charge < -0.3 is 10.2 Å². The Bertz CT molecular complexity index is 420. The van der Waals surface area contributed by atoms with Gasteiger partial charge in [-0.1, -0.05) is 43.9 Å². The number of nitrogens with zero attached hydrogens (tertiary/aromatic N) is 1. The van der Waals surface area contributed by atoms with Gasteiger partial charge in [0.05, 0.1) is 0 Å². The molecule has 1 saturated carbocycles. The van der Waals surface area contributed by atoms with Gasteiger partial charge in [0.15, 0.2) is 0 Å². The second-order valence-electron chi connectivity index (χ2n) is 6.08. The van der Waals surface area contributed by atoms with Crippen LogP contribution in [0, 0.1) is 0 Å². The predicted octanol–water partition coefficient (Wildman–Crippen LogP) is 3.07. The molecule has 0 spiro atoms. The first-order valence-electron chi connectivity index (χ1n) is 7.65. The lowest BCUT2D eigenvalue weighted by molar-refractivity contribution is 0.0869. The smallest absolute Gasteiger partial charge is 0.251 e. The van der Waals surface area contributed by atoms with Crippen LogP contribution in [0.1, 0.15) is 48.9 Å². The zero-order valence-corrected chi connectivity index (χ0v) is 12.7. The van der Waals surface area contributed by atoms with Gasteiger partial charge in [0.25, 0.3) is 5.91 Å². The van der Waals surface area contributed by atoms with Crippen LogP contribution in [0.25, 0.3) is 0 Å². The molecule has 2 rings (SSSR count). The molecule has 0 aliphatic heterocycles. The van der Waals surface area contributed by atoms with Crippen LogP contribution in [0.15, 0.2) is 30.3 Å². The van der Waals surface area contributed by atoms with Crippen molar-refractivity contribution in [2.24, 2.45) is 0 Å². The van der Waals surface area contributed by atoms with Gasteiger partial charge in [-0.15, -0.1) is 0 Å². The summed E-state index contributed by atoms with van der Waals surface area (Å²) < 4.78 is 0. The first-order chi connectivity index (χ1) is 9.64. The van der Waals surface area contributed by atoms with Gasteiger partial charge in [-0.25, -0.2) is 0 Å². The molecule has 0 saturated heterocycles. The third-order valence-corrected chi connectivity index (χ3v) is 4.60. The lowest BCUT2D eigenvalue weighted by Gasteiger charge is -2.39. The molecule has 1 aliphatic carbocycles. The van der Waals surface area contributed by atoms with Crippen molar-refractivity contribution in [1.82, 2.24) is 10.2 Å². The number of hydrogen-bond acceptors (Lipinski definition) is 2. The van der Waals surface area contributed by atoms with Crippen LogP contribution in [-0.2, 0) is 0 Å². The Labute approximate surface area is 122 Å². The number of benzene rings is 1. The van der Waals surface area contributed by atoms with Crippen LogP contribution in [-0.4, -0.2) is 37.0 Å². The molecule has 1 amide bonds. The molecule has 1 fully saturated rings. The number of likely N-dealkylation sites (N-methyl/N-ethyl adjacent to an activating group) is 1. The molecule has 0 heterocycles. The molecule has 0 atom stereocenters. The maximum atomic E-state index is 12.2. The average Bonchev–Trinajstić information content (AvgIpc) is 2.72. The average molecular weight is 274 g/mol. The van der Waals surface area contributed by atoms with Gasteiger partial charge in [-0.2, -0.15) is 0 Å². The van der Waals surface area contributed by atoms with E-state index in [1.807, 2.05) is 30.3 Å². The van der Waals surface area contributed by atoms with E-state index in [0.29, 0.717) is 0 Å². The highest BCUT2D eigenvalue weighted by atomic mass is 16.1. The summed E-state index contributed by atoms with van der Waals surface area (Å²) in [6.45, 7) is 0.744. The Kier molecular flexibility index (Phi) is 5.18. The summed E-state index contributed by atoms with van der Waals surface area (Å²) in [6, 6.07) is 9.48. The molecule has 0 aromatic heterocycles. The molecular weight excluding hydrogens is 248 g/mol. The molecular formula is C17H26N2O. The van der Waals surface area contributed by atoms with Crippen LogP contribution in [0.5, 0.6) is 0 Å². The normalized spacial score (nSPS) is 18.6. The third-order valence-electron chi connectivity index (χ3n) is 4.60. The maximum absolute atomic E-state index is 12.2. The fourth-order valence-electron chi connectivity index (χ4n) is 3.11. The van der Waals surface area contributed by atoms with Gasteiger partial charge in [0.2, 0.25) is 0 Å². The summed E-state index contributed by atoms with van der Waals surface area (Å²) in [4.78, 5) is 14.5. The molecule has 3 nitrogen and oxygen atoms in total. The van der Waals surface area contributed by atoms with E-state index in [2.05, 4.69) is 24.3 Å². The lowest BCUT2D eigenvalue weighted by Crippen LogP contribution is -2.52. The first kappa shape index (κ1) is 15.0. The summed E-state index contributed by atoms with van der Waals surface area (Å²) in [7, 11) is 4.28. The summed E-state index contributed by atoms with van der Waals surface area (Å²) >= 11 is 0. The Morgan fingerprint density at radius 1 is 1.10 bits per heavy atom.